The Morgan fingerprint density at radius 2 is 1.76 bits per heavy atom. The Hall–Kier alpha value is -2.91. The number of rotatable bonds is 3. The molecule has 2 N–H and O–H groups in total. The lowest BCUT2D eigenvalue weighted by Gasteiger charge is -2.28. The van der Waals surface area contributed by atoms with E-state index in [1.165, 1.54) is 4.90 Å². The Morgan fingerprint density at radius 3 is 2.45 bits per heavy atom. The second-order valence-corrected chi connectivity index (χ2v) is 6.90. The molecule has 1 unspecified atom stereocenters. The van der Waals surface area contributed by atoms with E-state index >= 15 is 0 Å². The van der Waals surface area contributed by atoms with Crippen LogP contribution >= 0.6 is 0 Å². The zero-order chi connectivity index (χ0) is 20.7. The minimum absolute atomic E-state index is 0.0652. The molecule has 4 rings (SSSR count). The van der Waals surface area contributed by atoms with Crippen molar-refractivity contribution in [1.82, 2.24) is 4.90 Å². The molecule has 29 heavy (non-hydrogen) atoms. The fourth-order valence-corrected chi connectivity index (χ4v) is 3.26. The number of hydrogen-bond donors (Lipinski definition) is 2. The van der Waals surface area contributed by atoms with Gasteiger partial charge in [-0.2, -0.15) is 0 Å². The summed E-state index contributed by atoms with van der Waals surface area (Å²) >= 11 is 0. The molecule has 2 heterocycles. The molecule has 0 saturated carbocycles. The smallest absolute Gasteiger partial charge is 0.205 e. The van der Waals surface area contributed by atoms with E-state index < -0.39 is 29.5 Å². The number of aliphatic hydroxyl groups is 1. The maximum atomic E-state index is 13.9. The van der Waals surface area contributed by atoms with Crippen LogP contribution in [-0.2, 0) is 24.5 Å². The average molecular weight is 407 g/mol. The van der Waals surface area contributed by atoms with Crippen molar-refractivity contribution in [2.45, 2.75) is 32.9 Å². The topological polar surface area (TPSA) is 57.1 Å². The van der Waals surface area contributed by atoms with E-state index in [0.29, 0.717) is 18.9 Å². The van der Waals surface area contributed by atoms with E-state index in [2.05, 4.69) is 10.3 Å². The van der Waals surface area contributed by atoms with Gasteiger partial charge in [0.25, 0.3) is 0 Å². The maximum absolute atomic E-state index is 13.9. The third-order valence-corrected chi connectivity index (χ3v) is 4.75. The first-order chi connectivity index (χ1) is 13.8. The first kappa shape index (κ1) is 19.4. The van der Waals surface area contributed by atoms with Crippen LogP contribution in [0.25, 0.3) is 0 Å². The molecule has 152 valence electrons. The number of aliphatic hydroxyl groups excluding tert-OH is 1. The standard InChI is InChI=1S/C20H17F4N3O2/c1-10-2-12-8-29-9-13(12)5-17(10)25-20-26-19(28)16(23)7-27(20)6-11-3-14(21)18(24)15(22)4-11/h2-5,7,19,28H,6,8-9H2,1H3,(H,25,26). The minimum atomic E-state index is -1.70. The molecular formula is C20H17F4N3O2. The monoisotopic (exact) mass is 407 g/mol. The zero-order valence-corrected chi connectivity index (χ0v) is 15.3. The van der Waals surface area contributed by atoms with Crippen LogP contribution in [-0.4, -0.2) is 22.2 Å². The van der Waals surface area contributed by atoms with Crippen molar-refractivity contribution >= 4 is 11.6 Å². The largest absolute Gasteiger partial charge is 0.372 e. The Bertz CT molecular complexity index is 1020. The number of fused-ring (bicyclic) bond motifs is 1. The van der Waals surface area contributed by atoms with E-state index in [9.17, 15) is 22.7 Å². The Morgan fingerprint density at radius 1 is 1.10 bits per heavy atom. The number of nitrogens with one attached hydrogen (secondary N) is 1. The first-order valence-electron chi connectivity index (χ1n) is 8.82. The van der Waals surface area contributed by atoms with Crippen molar-refractivity contribution in [1.29, 1.82) is 0 Å². The van der Waals surface area contributed by atoms with Crippen molar-refractivity contribution in [3.8, 4) is 0 Å². The van der Waals surface area contributed by atoms with Gasteiger partial charge in [-0.15, -0.1) is 0 Å². The molecule has 2 aliphatic rings. The van der Waals surface area contributed by atoms with Crippen LogP contribution in [0.2, 0.25) is 0 Å². The predicted molar refractivity (Wildman–Crippen MR) is 97.8 cm³/mol. The summed E-state index contributed by atoms with van der Waals surface area (Å²) in [6.45, 7) is 2.66. The number of anilines is 1. The highest BCUT2D eigenvalue weighted by Gasteiger charge is 2.24. The summed E-state index contributed by atoms with van der Waals surface area (Å²) < 4.78 is 59.6. The number of nitrogens with zero attached hydrogens (tertiary/aromatic N) is 2. The second kappa shape index (κ2) is 7.49. The average Bonchev–Trinajstić information content (AvgIpc) is 3.11. The summed E-state index contributed by atoms with van der Waals surface area (Å²) in [5.74, 6) is -5.12. The lowest BCUT2D eigenvalue weighted by atomic mass is 10.1. The van der Waals surface area contributed by atoms with Gasteiger partial charge in [0.15, 0.2) is 23.3 Å². The maximum Gasteiger partial charge on any atom is 0.205 e. The molecule has 0 aromatic heterocycles. The van der Waals surface area contributed by atoms with Gasteiger partial charge in [-0.1, -0.05) is 6.07 Å². The summed E-state index contributed by atoms with van der Waals surface area (Å²) in [5.41, 5.74) is 3.66. The normalized spacial score (nSPS) is 18.4. The van der Waals surface area contributed by atoms with Crippen molar-refractivity contribution in [3.63, 3.8) is 0 Å². The van der Waals surface area contributed by atoms with Crippen molar-refractivity contribution in [2.75, 3.05) is 5.32 Å². The van der Waals surface area contributed by atoms with Crippen LogP contribution in [0.4, 0.5) is 23.2 Å². The number of aryl methyl sites for hydroxylation is 1. The highest BCUT2D eigenvalue weighted by atomic mass is 19.2. The number of aliphatic imine (C=N–C) groups is 1. The molecule has 0 radical (unpaired) electrons. The SMILES string of the molecule is Cc1cc2c(cc1NC1=NC(O)C(F)=CN1Cc1cc(F)c(F)c(F)c1)COC2. The summed E-state index contributed by atoms with van der Waals surface area (Å²) in [7, 11) is 0. The van der Waals surface area contributed by atoms with E-state index in [4.69, 9.17) is 4.74 Å². The van der Waals surface area contributed by atoms with Gasteiger partial charge in [0.05, 0.1) is 19.8 Å². The quantitative estimate of drug-likeness (QED) is 0.600. The second-order valence-electron chi connectivity index (χ2n) is 6.90. The Balaban J connectivity index is 1.63. The van der Waals surface area contributed by atoms with Gasteiger partial charge < -0.3 is 20.1 Å². The highest BCUT2D eigenvalue weighted by Crippen LogP contribution is 2.28. The third-order valence-electron chi connectivity index (χ3n) is 4.75. The van der Waals surface area contributed by atoms with Crippen LogP contribution in [0.5, 0.6) is 0 Å². The van der Waals surface area contributed by atoms with Crippen molar-refractivity contribution in [2.24, 2.45) is 4.99 Å². The van der Waals surface area contributed by atoms with Gasteiger partial charge in [0.1, 0.15) is 0 Å². The molecular weight excluding hydrogens is 390 g/mol. The van der Waals surface area contributed by atoms with Crippen LogP contribution in [0, 0.1) is 24.4 Å². The van der Waals surface area contributed by atoms with Gasteiger partial charge in [0.2, 0.25) is 12.2 Å². The van der Waals surface area contributed by atoms with E-state index in [1.807, 2.05) is 19.1 Å². The van der Waals surface area contributed by atoms with Gasteiger partial charge in [-0.05, 0) is 47.4 Å². The molecule has 5 nitrogen and oxygen atoms in total. The molecule has 2 aromatic carbocycles. The summed E-state index contributed by atoms with van der Waals surface area (Å²) in [4.78, 5) is 5.13. The molecule has 9 heteroatoms. The van der Waals surface area contributed by atoms with Crippen LogP contribution < -0.4 is 5.32 Å². The highest BCUT2D eigenvalue weighted by molar-refractivity contribution is 5.95. The lowest BCUT2D eigenvalue weighted by molar-refractivity contribution is 0.134. The molecule has 0 bridgehead atoms. The molecule has 0 spiro atoms. The lowest BCUT2D eigenvalue weighted by Crippen LogP contribution is -2.37. The van der Waals surface area contributed by atoms with Crippen molar-refractivity contribution < 1.29 is 27.4 Å². The van der Waals surface area contributed by atoms with Crippen molar-refractivity contribution in [3.05, 3.63) is 76.0 Å². The molecule has 0 aliphatic carbocycles. The molecule has 0 amide bonds. The van der Waals surface area contributed by atoms with Crippen LogP contribution in [0.1, 0.15) is 22.3 Å². The minimum Gasteiger partial charge on any atom is -0.372 e. The van der Waals surface area contributed by atoms with E-state index in [1.54, 1.807) is 0 Å². The van der Waals surface area contributed by atoms with Gasteiger partial charge in [0, 0.05) is 11.9 Å². The van der Waals surface area contributed by atoms with Crippen LogP contribution in [0.15, 0.2) is 41.3 Å². The number of halogens is 4. The number of hydrogen-bond acceptors (Lipinski definition) is 5. The van der Waals surface area contributed by atoms with E-state index in [-0.39, 0.29) is 18.1 Å². The number of guanidine groups is 1. The first-order valence-corrected chi connectivity index (χ1v) is 8.82. The zero-order valence-electron chi connectivity index (χ0n) is 15.3. The van der Waals surface area contributed by atoms with Crippen LogP contribution in [0.3, 0.4) is 0 Å². The molecule has 0 saturated heterocycles. The van der Waals surface area contributed by atoms with E-state index in [0.717, 1.165) is 35.0 Å². The van der Waals surface area contributed by atoms with Gasteiger partial charge >= 0.3 is 0 Å². The number of benzene rings is 2. The van der Waals surface area contributed by atoms with Gasteiger partial charge in [-0.3, -0.25) is 0 Å². The fourth-order valence-electron chi connectivity index (χ4n) is 3.26. The molecule has 0 fully saturated rings. The molecule has 1 atom stereocenters. The Labute approximate surface area is 163 Å². The fraction of sp³-hybridized carbons (Fsp3) is 0.250. The summed E-state index contributed by atoms with van der Waals surface area (Å²) in [5, 5.41) is 12.8. The molecule has 2 aromatic rings. The Kier molecular flexibility index (Phi) is 5.01. The molecule has 2 aliphatic heterocycles. The number of ether oxygens (including phenoxy) is 1. The predicted octanol–water partition coefficient (Wildman–Crippen LogP) is 3.86. The summed E-state index contributed by atoms with van der Waals surface area (Å²) in [6, 6.07) is 5.47. The summed E-state index contributed by atoms with van der Waals surface area (Å²) in [6.07, 6.45) is -0.723. The van der Waals surface area contributed by atoms with Gasteiger partial charge in [-0.25, -0.2) is 22.6 Å². The third kappa shape index (κ3) is 3.83.